The summed E-state index contributed by atoms with van der Waals surface area (Å²) in [4.78, 5) is 12.4. The molecule has 0 aliphatic rings. The topological polar surface area (TPSA) is 35.5 Å². The molecule has 3 heteroatoms. The highest BCUT2D eigenvalue weighted by Gasteiger charge is 2.16. The fraction of sp³-hybridized carbons (Fsp3) is 0.650. The van der Waals surface area contributed by atoms with Crippen molar-refractivity contribution in [3.63, 3.8) is 0 Å². The van der Waals surface area contributed by atoms with Gasteiger partial charge >= 0.3 is 5.97 Å². The molecule has 0 aromatic heterocycles. The van der Waals surface area contributed by atoms with E-state index >= 15 is 0 Å². The van der Waals surface area contributed by atoms with E-state index in [9.17, 15) is 4.79 Å². The maximum atomic E-state index is 12.4. The highest BCUT2D eigenvalue weighted by atomic mass is 16.6. The monoisotopic (exact) mass is 320 g/mol. The summed E-state index contributed by atoms with van der Waals surface area (Å²) in [7, 11) is 1.65. The number of hydrogen-bond donors (Lipinski definition) is 0. The van der Waals surface area contributed by atoms with Crippen molar-refractivity contribution in [3.05, 3.63) is 35.4 Å². The van der Waals surface area contributed by atoms with Gasteiger partial charge in [-0.25, -0.2) is 4.79 Å². The third-order valence-electron chi connectivity index (χ3n) is 3.92. The molecule has 0 spiro atoms. The summed E-state index contributed by atoms with van der Waals surface area (Å²) in [5.74, 6) is 0.430. The van der Waals surface area contributed by atoms with Crippen molar-refractivity contribution in [2.24, 2.45) is 5.92 Å². The molecule has 1 aromatic rings. The van der Waals surface area contributed by atoms with E-state index in [2.05, 4.69) is 26.8 Å². The number of hydrogen-bond acceptors (Lipinski definition) is 3. The van der Waals surface area contributed by atoms with Crippen LogP contribution in [-0.2, 0) is 15.9 Å². The van der Waals surface area contributed by atoms with Crippen LogP contribution in [-0.4, -0.2) is 25.8 Å². The van der Waals surface area contributed by atoms with E-state index in [0.29, 0.717) is 18.1 Å². The molecule has 0 saturated heterocycles. The summed E-state index contributed by atoms with van der Waals surface area (Å²) in [5, 5.41) is 0. The van der Waals surface area contributed by atoms with Crippen molar-refractivity contribution < 1.29 is 14.3 Å². The molecule has 1 rings (SSSR count). The number of aryl methyl sites for hydroxylation is 1. The van der Waals surface area contributed by atoms with Gasteiger partial charge in [-0.15, -0.1) is 0 Å². The summed E-state index contributed by atoms with van der Waals surface area (Å²) in [5.41, 5.74) is 1.84. The van der Waals surface area contributed by atoms with Crippen molar-refractivity contribution in [3.8, 4) is 0 Å². The third kappa shape index (κ3) is 8.17. The average molecular weight is 320 g/mol. The zero-order valence-corrected chi connectivity index (χ0v) is 15.1. The fourth-order valence-electron chi connectivity index (χ4n) is 2.57. The van der Waals surface area contributed by atoms with Crippen molar-refractivity contribution >= 4 is 5.97 Å². The summed E-state index contributed by atoms with van der Waals surface area (Å²) < 4.78 is 10.9. The number of esters is 1. The van der Waals surface area contributed by atoms with Gasteiger partial charge in [0.25, 0.3) is 0 Å². The van der Waals surface area contributed by atoms with Crippen LogP contribution in [0.2, 0.25) is 0 Å². The van der Waals surface area contributed by atoms with Gasteiger partial charge < -0.3 is 9.47 Å². The average Bonchev–Trinajstić information content (AvgIpc) is 2.53. The maximum Gasteiger partial charge on any atom is 0.338 e. The Morgan fingerprint density at radius 1 is 1.17 bits per heavy atom. The van der Waals surface area contributed by atoms with E-state index in [1.54, 1.807) is 7.11 Å². The minimum Gasteiger partial charge on any atom is -0.456 e. The van der Waals surface area contributed by atoms with Gasteiger partial charge in [-0.3, -0.25) is 0 Å². The van der Waals surface area contributed by atoms with Crippen LogP contribution in [0.25, 0.3) is 0 Å². The highest BCUT2D eigenvalue weighted by molar-refractivity contribution is 5.89. The van der Waals surface area contributed by atoms with Gasteiger partial charge in [0.15, 0.2) is 0 Å². The lowest BCUT2D eigenvalue weighted by molar-refractivity contribution is 0.00218. The molecule has 0 saturated carbocycles. The first-order chi connectivity index (χ1) is 11.1. The van der Waals surface area contributed by atoms with Crippen molar-refractivity contribution in [1.82, 2.24) is 0 Å². The van der Waals surface area contributed by atoms with Crippen molar-refractivity contribution in [2.75, 3.05) is 13.7 Å². The van der Waals surface area contributed by atoms with E-state index in [1.807, 2.05) is 18.2 Å². The lowest BCUT2D eigenvalue weighted by atomic mass is 10.0. The molecule has 0 amide bonds. The highest BCUT2D eigenvalue weighted by Crippen LogP contribution is 2.15. The molecule has 1 unspecified atom stereocenters. The Hall–Kier alpha value is -1.35. The van der Waals surface area contributed by atoms with Crippen LogP contribution >= 0.6 is 0 Å². The molecule has 0 aliphatic heterocycles. The van der Waals surface area contributed by atoms with Crippen LogP contribution in [0.1, 0.15) is 68.8 Å². The van der Waals surface area contributed by atoms with E-state index in [1.165, 1.54) is 5.56 Å². The molecule has 130 valence electrons. The maximum absolute atomic E-state index is 12.4. The summed E-state index contributed by atoms with van der Waals surface area (Å²) >= 11 is 0. The van der Waals surface area contributed by atoms with Crippen LogP contribution in [0, 0.1) is 5.92 Å². The third-order valence-corrected chi connectivity index (χ3v) is 3.92. The van der Waals surface area contributed by atoms with E-state index in [4.69, 9.17) is 9.47 Å². The molecular formula is C20H32O3. The van der Waals surface area contributed by atoms with Gasteiger partial charge in [-0.05, 0) is 49.3 Å². The second kappa shape index (κ2) is 11.2. The smallest absolute Gasteiger partial charge is 0.338 e. The number of rotatable bonds is 11. The standard InChI is InChI=1S/C20H32O3/c1-5-6-10-17-11-8-12-18(14-17)20(21)23-19(15-22-4)13-7-9-16(2)3/h8,11-12,14,16,19H,5-7,9-10,13,15H2,1-4H3. The van der Waals surface area contributed by atoms with Gasteiger partial charge in [0, 0.05) is 7.11 Å². The summed E-state index contributed by atoms with van der Waals surface area (Å²) in [6.07, 6.45) is 6.19. The van der Waals surface area contributed by atoms with Gasteiger partial charge in [0.2, 0.25) is 0 Å². The Labute approximate surface area is 141 Å². The largest absolute Gasteiger partial charge is 0.456 e. The Balaban J connectivity index is 2.59. The summed E-state index contributed by atoms with van der Waals surface area (Å²) in [6.45, 7) is 7.04. The van der Waals surface area contributed by atoms with E-state index < -0.39 is 0 Å². The van der Waals surface area contributed by atoms with E-state index in [-0.39, 0.29) is 12.1 Å². The fourth-order valence-corrected chi connectivity index (χ4v) is 2.57. The van der Waals surface area contributed by atoms with Crippen LogP contribution in [0.15, 0.2) is 24.3 Å². The second-order valence-corrected chi connectivity index (χ2v) is 6.61. The Morgan fingerprint density at radius 2 is 1.96 bits per heavy atom. The van der Waals surface area contributed by atoms with E-state index in [0.717, 1.165) is 38.5 Å². The molecule has 0 aliphatic carbocycles. The number of unbranched alkanes of at least 4 members (excludes halogenated alkanes) is 1. The second-order valence-electron chi connectivity index (χ2n) is 6.61. The predicted molar refractivity (Wildman–Crippen MR) is 94.8 cm³/mol. The van der Waals surface area contributed by atoms with Crippen LogP contribution in [0.3, 0.4) is 0 Å². The molecule has 0 bridgehead atoms. The quantitative estimate of drug-likeness (QED) is 0.537. The SMILES string of the molecule is CCCCc1cccc(C(=O)OC(CCCC(C)C)COC)c1. The number of ether oxygens (including phenoxy) is 2. The molecule has 0 heterocycles. The number of methoxy groups -OCH3 is 1. The van der Waals surface area contributed by atoms with Crippen LogP contribution in [0.5, 0.6) is 0 Å². The zero-order valence-electron chi connectivity index (χ0n) is 15.1. The number of carbonyl (C=O) groups excluding carboxylic acids is 1. The minimum atomic E-state index is -0.241. The van der Waals surface area contributed by atoms with Crippen LogP contribution < -0.4 is 0 Å². The van der Waals surface area contributed by atoms with Gasteiger partial charge in [0.1, 0.15) is 6.10 Å². The van der Waals surface area contributed by atoms with Gasteiger partial charge in [-0.2, -0.15) is 0 Å². The molecule has 0 N–H and O–H groups in total. The van der Waals surface area contributed by atoms with Crippen molar-refractivity contribution in [1.29, 1.82) is 0 Å². The normalized spacial score (nSPS) is 12.4. The first-order valence-corrected chi connectivity index (χ1v) is 8.85. The molecular weight excluding hydrogens is 288 g/mol. The van der Waals surface area contributed by atoms with Crippen molar-refractivity contribution in [2.45, 2.75) is 65.4 Å². The molecule has 3 nitrogen and oxygen atoms in total. The summed E-state index contributed by atoms with van der Waals surface area (Å²) in [6, 6.07) is 7.79. The molecule has 0 fully saturated rings. The first-order valence-electron chi connectivity index (χ1n) is 8.85. The molecule has 23 heavy (non-hydrogen) atoms. The molecule has 1 atom stereocenters. The Morgan fingerprint density at radius 3 is 2.61 bits per heavy atom. The lowest BCUT2D eigenvalue weighted by Crippen LogP contribution is -2.23. The van der Waals surface area contributed by atoms with Gasteiger partial charge in [0.05, 0.1) is 12.2 Å². The number of benzene rings is 1. The predicted octanol–water partition coefficient (Wildman–Crippen LogP) is 5.03. The lowest BCUT2D eigenvalue weighted by Gasteiger charge is -2.18. The minimum absolute atomic E-state index is 0.162. The molecule has 1 aromatic carbocycles. The Bertz CT molecular complexity index is 454. The van der Waals surface area contributed by atoms with Crippen LogP contribution in [0.4, 0.5) is 0 Å². The molecule has 0 radical (unpaired) electrons. The Kier molecular flexibility index (Phi) is 9.61. The van der Waals surface area contributed by atoms with Gasteiger partial charge in [-0.1, -0.05) is 45.7 Å². The number of carbonyl (C=O) groups is 1. The zero-order chi connectivity index (χ0) is 17.1. The first kappa shape index (κ1) is 19.7.